The van der Waals surface area contributed by atoms with Crippen LogP contribution in [0, 0.1) is 5.92 Å². The number of hydrogen-bond donors (Lipinski definition) is 1. The van der Waals surface area contributed by atoms with E-state index in [2.05, 4.69) is 12.2 Å². The summed E-state index contributed by atoms with van der Waals surface area (Å²) in [5, 5.41) is 2.95. The van der Waals surface area contributed by atoms with Gasteiger partial charge in [-0.3, -0.25) is 14.5 Å². The van der Waals surface area contributed by atoms with Gasteiger partial charge in [0.15, 0.2) is 0 Å². The maximum atomic E-state index is 11.9. The molecule has 2 atom stereocenters. The van der Waals surface area contributed by atoms with Crippen molar-refractivity contribution in [2.45, 2.75) is 38.6 Å². The molecule has 0 radical (unpaired) electrons. The van der Waals surface area contributed by atoms with E-state index in [0.29, 0.717) is 5.92 Å². The van der Waals surface area contributed by atoms with Gasteiger partial charge in [-0.05, 0) is 18.8 Å². The molecule has 6 nitrogen and oxygen atoms in total. The Hall–Kier alpha value is -1.59. The summed E-state index contributed by atoms with van der Waals surface area (Å²) >= 11 is 0. The molecule has 2 fully saturated rings. The average molecular weight is 267 g/mol. The number of carbonyl (C=O) groups excluding carboxylic acids is 3. The molecule has 1 heterocycles. The van der Waals surface area contributed by atoms with Crippen LogP contribution in [0.25, 0.3) is 0 Å². The Morgan fingerprint density at radius 2 is 2.00 bits per heavy atom. The second-order valence-electron chi connectivity index (χ2n) is 5.55. The van der Waals surface area contributed by atoms with Crippen LogP contribution in [0.1, 0.15) is 32.6 Å². The Labute approximate surface area is 113 Å². The molecule has 0 aromatic heterocycles. The molecule has 1 saturated carbocycles. The number of amides is 4. The fourth-order valence-electron chi connectivity index (χ4n) is 2.75. The molecule has 0 bridgehead atoms. The third kappa shape index (κ3) is 3.05. The molecule has 1 N–H and O–H groups in total. The Balaban J connectivity index is 1.87. The summed E-state index contributed by atoms with van der Waals surface area (Å²) in [6.07, 6.45) is 4.44. The van der Waals surface area contributed by atoms with E-state index in [1.807, 2.05) is 0 Å². The molecular formula is C13H21N3O3. The lowest BCUT2D eigenvalue weighted by Gasteiger charge is -2.29. The standard InChI is InChI=1S/C13H21N3O3/c1-9-5-3-4-6-10(9)14-11(17)7-16-12(18)8-15(2)13(16)19/h9-10H,3-8H2,1-2H3,(H,14,17)/t9-,10+/m0/s1. The van der Waals surface area contributed by atoms with Gasteiger partial charge in [-0.25, -0.2) is 4.79 Å². The maximum Gasteiger partial charge on any atom is 0.327 e. The highest BCUT2D eigenvalue weighted by molar-refractivity contribution is 6.04. The van der Waals surface area contributed by atoms with Crippen LogP contribution in [-0.2, 0) is 9.59 Å². The predicted octanol–water partition coefficient (Wildman–Crippen LogP) is 0.575. The van der Waals surface area contributed by atoms with Gasteiger partial charge < -0.3 is 10.2 Å². The average Bonchev–Trinajstić information content (AvgIpc) is 2.59. The lowest BCUT2D eigenvalue weighted by atomic mass is 9.86. The molecule has 4 amide bonds. The quantitative estimate of drug-likeness (QED) is 0.760. The monoisotopic (exact) mass is 267 g/mol. The zero-order valence-electron chi connectivity index (χ0n) is 11.5. The van der Waals surface area contributed by atoms with Gasteiger partial charge in [0.2, 0.25) is 5.91 Å². The maximum absolute atomic E-state index is 11.9. The summed E-state index contributed by atoms with van der Waals surface area (Å²) in [7, 11) is 1.56. The third-order valence-corrected chi connectivity index (χ3v) is 3.99. The first-order chi connectivity index (χ1) is 8.99. The Bertz CT molecular complexity index is 397. The molecule has 0 aromatic carbocycles. The van der Waals surface area contributed by atoms with Crippen molar-refractivity contribution >= 4 is 17.8 Å². The Morgan fingerprint density at radius 1 is 1.32 bits per heavy atom. The summed E-state index contributed by atoms with van der Waals surface area (Å²) < 4.78 is 0. The minimum atomic E-state index is -0.392. The van der Waals surface area contributed by atoms with Crippen molar-refractivity contribution in [1.29, 1.82) is 0 Å². The van der Waals surface area contributed by atoms with E-state index in [0.717, 1.165) is 24.2 Å². The summed E-state index contributed by atoms with van der Waals surface area (Å²) in [6.45, 7) is 2.03. The Morgan fingerprint density at radius 3 is 2.58 bits per heavy atom. The number of urea groups is 1. The molecule has 106 valence electrons. The zero-order valence-corrected chi connectivity index (χ0v) is 11.5. The largest absolute Gasteiger partial charge is 0.352 e. The van der Waals surface area contributed by atoms with Crippen molar-refractivity contribution in [3.8, 4) is 0 Å². The topological polar surface area (TPSA) is 69.7 Å². The number of hydrogen-bond acceptors (Lipinski definition) is 3. The zero-order chi connectivity index (χ0) is 14.0. The van der Waals surface area contributed by atoms with Crippen molar-refractivity contribution in [2.75, 3.05) is 20.1 Å². The molecule has 19 heavy (non-hydrogen) atoms. The van der Waals surface area contributed by atoms with E-state index in [9.17, 15) is 14.4 Å². The number of rotatable bonds is 3. The first kappa shape index (κ1) is 13.8. The summed E-state index contributed by atoms with van der Waals surface area (Å²) in [5.74, 6) is -0.0829. The van der Waals surface area contributed by atoms with Crippen LogP contribution in [0.5, 0.6) is 0 Å². The van der Waals surface area contributed by atoms with E-state index >= 15 is 0 Å². The number of likely N-dealkylation sites (N-methyl/N-ethyl adjacent to an activating group) is 1. The van der Waals surface area contributed by atoms with Gasteiger partial charge in [0.05, 0.1) is 0 Å². The van der Waals surface area contributed by atoms with Crippen LogP contribution in [0.15, 0.2) is 0 Å². The second kappa shape index (κ2) is 5.59. The highest BCUT2D eigenvalue weighted by Crippen LogP contribution is 2.23. The smallest absolute Gasteiger partial charge is 0.327 e. The SMILES string of the molecule is C[C@H]1CCCC[C@H]1NC(=O)CN1C(=O)CN(C)C1=O. The summed E-state index contributed by atoms with van der Waals surface area (Å²) in [5.41, 5.74) is 0. The predicted molar refractivity (Wildman–Crippen MR) is 69.3 cm³/mol. The van der Waals surface area contributed by atoms with E-state index in [4.69, 9.17) is 0 Å². The molecular weight excluding hydrogens is 246 g/mol. The minimum absolute atomic E-state index is 0.0615. The summed E-state index contributed by atoms with van der Waals surface area (Å²) in [4.78, 5) is 37.5. The molecule has 6 heteroatoms. The number of nitrogens with one attached hydrogen (secondary N) is 1. The highest BCUT2D eigenvalue weighted by atomic mass is 16.2. The summed E-state index contributed by atoms with van der Waals surface area (Å²) in [6, 6.07) is -0.219. The van der Waals surface area contributed by atoms with Crippen LogP contribution in [-0.4, -0.2) is 53.8 Å². The van der Waals surface area contributed by atoms with Crippen LogP contribution in [0.2, 0.25) is 0 Å². The van der Waals surface area contributed by atoms with Gasteiger partial charge in [-0.1, -0.05) is 19.8 Å². The van der Waals surface area contributed by atoms with Gasteiger partial charge in [0.25, 0.3) is 5.91 Å². The first-order valence-corrected chi connectivity index (χ1v) is 6.84. The van der Waals surface area contributed by atoms with Crippen LogP contribution in [0.4, 0.5) is 4.79 Å². The van der Waals surface area contributed by atoms with Gasteiger partial charge >= 0.3 is 6.03 Å². The lowest BCUT2D eigenvalue weighted by Crippen LogP contribution is -2.47. The van der Waals surface area contributed by atoms with E-state index < -0.39 is 6.03 Å². The van der Waals surface area contributed by atoms with Gasteiger partial charge in [-0.15, -0.1) is 0 Å². The second-order valence-corrected chi connectivity index (χ2v) is 5.55. The van der Waals surface area contributed by atoms with E-state index in [1.165, 1.54) is 11.3 Å². The molecule has 2 aliphatic rings. The van der Waals surface area contributed by atoms with Gasteiger partial charge in [-0.2, -0.15) is 0 Å². The van der Waals surface area contributed by atoms with Gasteiger partial charge in [0.1, 0.15) is 13.1 Å². The van der Waals surface area contributed by atoms with Gasteiger partial charge in [0, 0.05) is 13.1 Å². The fraction of sp³-hybridized carbons (Fsp3) is 0.769. The van der Waals surface area contributed by atoms with Crippen molar-refractivity contribution in [1.82, 2.24) is 15.1 Å². The minimum Gasteiger partial charge on any atom is -0.352 e. The van der Waals surface area contributed by atoms with Crippen molar-refractivity contribution in [3.63, 3.8) is 0 Å². The molecule has 0 unspecified atom stereocenters. The van der Waals surface area contributed by atoms with Crippen molar-refractivity contribution in [2.24, 2.45) is 5.92 Å². The first-order valence-electron chi connectivity index (χ1n) is 6.84. The highest BCUT2D eigenvalue weighted by Gasteiger charge is 2.35. The lowest BCUT2D eigenvalue weighted by molar-refractivity contribution is -0.131. The molecule has 0 spiro atoms. The van der Waals surface area contributed by atoms with E-state index in [-0.39, 0.29) is 30.9 Å². The van der Waals surface area contributed by atoms with Crippen molar-refractivity contribution < 1.29 is 14.4 Å². The van der Waals surface area contributed by atoms with Crippen LogP contribution in [0.3, 0.4) is 0 Å². The third-order valence-electron chi connectivity index (χ3n) is 3.99. The van der Waals surface area contributed by atoms with Crippen LogP contribution >= 0.6 is 0 Å². The Kier molecular flexibility index (Phi) is 4.07. The molecule has 1 aliphatic heterocycles. The molecule has 1 saturated heterocycles. The van der Waals surface area contributed by atoms with E-state index in [1.54, 1.807) is 7.05 Å². The van der Waals surface area contributed by atoms with Crippen molar-refractivity contribution in [3.05, 3.63) is 0 Å². The molecule has 2 rings (SSSR count). The number of nitrogens with zero attached hydrogens (tertiary/aromatic N) is 2. The molecule has 0 aromatic rings. The number of carbonyl (C=O) groups is 3. The fourth-order valence-corrected chi connectivity index (χ4v) is 2.75. The number of imide groups is 1. The van der Waals surface area contributed by atoms with Crippen LogP contribution < -0.4 is 5.32 Å². The molecule has 1 aliphatic carbocycles. The normalized spacial score (nSPS) is 27.9.